The first-order chi connectivity index (χ1) is 8.03. The van der Waals surface area contributed by atoms with Crippen molar-refractivity contribution in [3.05, 3.63) is 23.5 Å². The summed E-state index contributed by atoms with van der Waals surface area (Å²) in [4.78, 5) is 16.2. The maximum Gasteiger partial charge on any atom is 0.407 e. The van der Waals surface area contributed by atoms with Gasteiger partial charge in [0, 0.05) is 13.6 Å². The molecule has 1 aliphatic rings. The number of pyridine rings is 1. The van der Waals surface area contributed by atoms with Gasteiger partial charge in [0.2, 0.25) is 0 Å². The van der Waals surface area contributed by atoms with Crippen molar-refractivity contribution in [2.45, 2.75) is 18.4 Å². The molecule has 0 unspecified atom stereocenters. The van der Waals surface area contributed by atoms with Crippen LogP contribution in [0.5, 0.6) is 0 Å². The van der Waals surface area contributed by atoms with Gasteiger partial charge < -0.3 is 15.3 Å². The van der Waals surface area contributed by atoms with Crippen molar-refractivity contribution in [1.29, 1.82) is 0 Å². The number of amides is 1. The molecule has 5 nitrogen and oxygen atoms in total. The molecule has 1 aromatic heterocycles. The highest BCUT2D eigenvalue weighted by Crippen LogP contribution is 2.40. The average molecular weight is 256 g/mol. The van der Waals surface area contributed by atoms with Crippen LogP contribution in [0.1, 0.15) is 12.8 Å². The van der Waals surface area contributed by atoms with Crippen LogP contribution in [-0.2, 0) is 0 Å². The van der Waals surface area contributed by atoms with E-state index in [0.29, 0.717) is 11.7 Å². The molecule has 92 valence electrons. The lowest BCUT2D eigenvalue weighted by Crippen LogP contribution is -2.42. The number of carbonyl (C=O) groups is 1. The Hall–Kier alpha value is -1.49. The molecule has 6 heteroatoms. The summed E-state index contributed by atoms with van der Waals surface area (Å²) in [5.41, 5.74) is 0.588. The van der Waals surface area contributed by atoms with E-state index >= 15 is 0 Å². The highest BCUT2D eigenvalue weighted by molar-refractivity contribution is 6.29. The first kappa shape index (κ1) is 12.0. The SMILES string of the molecule is CN(C(=O)O)C1(CNc2ccc(Cl)nc2)CC1. The third kappa shape index (κ3) is 2.61. The first-order valence-electron chi connectivity index (χ1n) is 5.36. The summed E-state index contributed by atoms with van der Waals surface area (Å²) in [6.45, 7) is 0.596. The maximum atomic E-state index is 10.9. The second-order valence-electron chi connectivity index (χ2n) is 4.29. The molecule has 1 fully saturated rings. The summed E-state index contributed by atoms with van der Waals surface area (Å²) in [6, 6.07) is 3.52. The topological polar surface area (TPSA) is 65.5 Å². The van der Waals surface area contributed by atoms with E-state index in [1.165, 1.54) is 4.90 Å². The van der Waals surface area contributed by atoms with Crippen LogP contribution in [0.25, 0.3) is 0 Å². The Balaban J connectivity index is 1.94. The van der Waals surface area contributed by atoms with Gasteiger partial charge in [-0.15, -0.1) is 0 Å². The standard InChI is InChI=1S/C11H14ClN3O2/c1-15(10(16)17)11(4-5-11)7-14-8-2-3-9(12)13-6-8/h2-3,6,14H,4-5,7H2,1H3,(H,16,17). The number of likely N-dealkylation sites (N-methyl/N-ethyl adjacent to an activating group) is 1. The highest BCUT2D eigenvalue weighted by Gasteiger charge is 2.48. The number of hydrogen-bond acceptors (Lipinski definition) is 3. The molecule has 1 heterocycles. The van der Waals surface area contributed by atoms with Gasteiger partial charge in [0.1, 0.15) is 5.15 Å². The molecule has 1 saturated carbocycles. The monoisotopic (exact) mass is 255 g/mol. The number of hydrogen-bond donors (Lipinski definition) is 2. The molecule has 0 radical (unpaired) electrons. The van der Waals surface area contributed by atoms with E-state index in [0.717, 1.165) is 18.5 Å². The van der Waals surface area contributed by atoms with Crippen molar-refractivity contribution in [2.24, 2.45) is 0 Å². The fourth-order valence-corrected chi connectivity index (χ4v) is 1.84. The molecule has 1 amide bonds. The Morgan fingerprint density at radius 2 is 2.35 bits per heavy atom. The quantitative estimate of drug-likeness (QED) is 0.811. The highest BCUT2D eigenvalue weighted by atomic mass is 35.5. The summed E-state index contributed by atoms with van der Waals surface area (Å²) >= 11 is 5.68. The summed E-state index contributed by atoms with van der Waals surface area (Å²) in [7, 11) is 1.61. The van der Waals surface area contributed by atoms with Gasteiger partial charge in [0.15, 0.2) is 0 Å². The zero-order valence-corrected chi connectivity index (χ0v) is 10.2. The van der Waals surface area contributed by atoms with Gasteiger partial charge in [-0.1, -0.05) is 11.6 Å². The van der Waals surface area contributed by atoms with E-state index in [9.17, 15) is 4.79 Å². The molecule has 0 aromatic carbocycles. The predicted molar refractivity (Wildman–Crippen MR) is 65.5 cm³/mol. The second kappa shape index (κ2) is 4.41. The van der Waals surface area contributed by atoms with Crippen LogP contribution in [0.2, 0.25) is 5.15 Å². The van der Waals surface area contributed by atoms with E-state index in [1.54, 1.807) is 19.3 Å². The molecule has 0 bridgehead atoms. The molecule has 2 rings (SSSR count). The van der Waals surface area contributed by atoms with Gasteiger partial charge in [-0.25, -0.2) is 9.78 Å². The lowest BCUT2D eigenvalue weighted by molar-refractivity contribution is 0.135. The zero-order chi connectivity index (χ0) is 12.5. The Morgan fingerprint density at radius 1 is 1.65 bits per heavy atom. The molecule has 0 saturated heterocycles. The lowest BCUT2D eigenvalue weighted by atomic mass is 10.2. The number of carboxylic acid groups (broad SMARTS) is 1. The minimum atomic E-state index is -0.890. The molecule has 2 N–H and O–H groups in total. The number of nitrogens with zero attached hydrogens (tertiary/aromatic N) is 2. The first-order valence-corrected chi connectivity index (χ1v) is 5.73. The minimum absolute atomic E-state index is 0.258. The summed E-state index contributed by atoms with van der Waals surface area (Å²) in [6.07, 6.45) is 2.53. The number of halogens is 1. The molecule has 1 aromatic rings. The summed E-state index contributed by atoms with van der Waals surface area (Å²) in [5.74, 6) is 0. The van der Waals surface area contributed by atoms with Crippen LogP contribution in [0, 0.1) is 0 Å². The molecule has 1 aliphatic carbocycles. The minimum Gasteiger partial charge on any atom is -0.465 e. The van der Waals surface area contributed by atoms with Gasteiger partial charge in [-0.2, -0.15) is 0 Å². The van der Waals surface area contributed by atoms with Gasteiger partial charge >= 0.3 is 6.09 Å². The zero-order valence-electron chi connectivity index (χ0n) is 9.48. The molecule has 0 aliphatic heterocycles. The van der Waals surface area contributed by atoms with Crippen molar-refractivity contribution in [2.75, 3.05) is 18.9 Å². The molecular formula is C11H14ClN3O2. The Kier molecular flexibility index (Phi) is 3.11. The second-order valence-corrected chi connectivity index (χ2v) is 4.68. The Labute approximate surface area is 104 Å². The lowest BCUT2D eigenvalue weighted by Gasteiger charge is -2.25. The van der Waals surface area contributed by atoms with E-state index in [4.69, 9.17) is 16.7 Å². The van der Waals surface area contributed by atoms with Crippen LogP contribution >= 0.6 is 11.6 Å². The van der Waals surface area contributed by atoms with Crippen molar-refractivity contribution >= 4 is 23.4 Å². The largest absolute Gasteiger partial charge is 0.465 e. The third-order valence-electron chi connectivity index (χ3n) is 3.17. The van der Waals surface area contributed by atoms with Gasteiger partial charge in [0.05, 0.1) is 17.4 Å². The summed E-state index contributed by atoms with van der Waals surface area (Å²) in [5, 5.41) is 12.6. The van der Waals surface area contributed by atoms with Gasteiger partial charge in [-0.3, -0.25) is 0 Å². The van der Waals surface area contributed by atoms with Crippen LogP contribution < -0.4 is 5.32 Å². The average Bonchev–Trinajstić information content (AvgIpc) is 3.08. The van der Waals surface area contributed by atoms with Crippen LogP contribution in [0.15, 0.2) is 18.3 Å². The molecule has 0 atom stereocenters. The van der Waals surface area contributed by atoms with E-state index in [-0.39, 0.29) is 5.54 Å². The summed E-state index contributed by atoms with van der Waals surface area (Å²) < 4.78 is 0. The van der Waals surface area contributed by atoms with E-state index in [1.807, 2.05) is 6.07 Å². The van der Waals surface area contributed by atoms with Crippen molar-refractivity contribution in [1.82, 2.24) is 9.88 Å². The van der Waals surface area contributed by atoms with E-state index in [2.05, 4.69) is 10.3 Å². The Bertz CT molecular complexity index is 417. The number of nitrogens with one attached hydrogen (secondary N) is 1. The van der Waals surface area contributed by atoms with Crippen molar-refractivity contribution in [3.8, 4) is 0 Å². The van der Waals surface area contributed by atoms with Crippen LogP contribution in [0.4, 0.5) is 10.5 Å². The normalized spacial score (nSPS) is 16.4. The predicted octanol–water partition coefficient (Wildman–Crippen LogP) is 2.29. The maximum absolute atomic E-state index is 10.9. The van der Waals surface area contributed by atoms with Crippen molar-refractivity contribution < 1.29 is 9.90 Å². The van der Waals surface area contributed by atoms with E-state index < -0.39 is 6.09 Å². The van der Waals surface area contributed by atoms with Crippen molar-refractivity contribution in [3.63, 3.8) is 0 Å². The fourth-order valence-electron chi connectivity index (χ4n) is 1.72. The van der Waals surface area contributed by atoms with Gasteiger partial charge in [-0.05, 0) is 25.0 Å². The Morgan fingerprint density at radius 3 is 2.82 bits per heavy atom. The number of anilines is 1. The van der Waals surface area contributed by atoms with Crippen LogP contribution in [-0.4, -0.2) is 40.2 Å². The molecule has 17 heavy (non-hydrogen) atoms. The number of rotatable bonds is 4. The molecule has 0 spiro atoms. The fraction of sp³-hybridized carbons (Fsp3) is 0.455. The third-order valence-corrected chi connectivity index (χ3v) is 3.40. The van der Waals surface area contributed by atoms with Gasteiger partial charge in [0.25, 0.3) is 0 Å². The van der Waals surface area contributed by atoms with Crippen LogP contribution in [0.3, 0.4) is 0 Å². The molecular weight excluding hydrogens is 242 g/mol. The number of aromatic nitrogens is 1. The smallest absolute Gasteiger partial charge is 0.407 e.